The minimum atomic E-state index is -0.917. The van der Waals surface area contributed by atoms with Gasteiger partial charge < -0.3 is 24.6 Å². The third kappa shape index (κ3) is 5.32. The van der Waals surface area contributed by atoms with Crippen molar-refractivity contribution in [3.8, 4) is 11.5 Å². The summed E-state index contributed by atoms with van der Waals surface area (Å²) in [5.74, 6) is 1.97. The molecule has 1 heterocycles. The van der Waals surface area contributed by atoms with E-state index in [4.69, 9.17) is 14.2 Å². The molecule has 0 unspecified atom stereocenters. The molecular weight excluding hydrogens is 480 g/mol. The lowest BCUT2D eigenvalue weighted by atomic mass is 9.80. The number of hydrogen-bond donors (Lipinski definition) is 2. The highest BCUT2D eigenvalue weighted by Crippen LogP contribution is 2.43. The molecule has 5 rings (SSSR count). The molecule has 0 amide bonds. The molecule has 1 saturated carbocycles. The van der Waals surface area contributed by atoms with E-state index in [0.29, 0.717) is 19.0 Å². The van der Waals surface area contributed by atoms with Gasteiger partial charge in [-0.2, -0.15) is 0 Å². The molecule has 0 aliphatic heterocycles. The van der Waals surface area contributed by atoms with Crippen molar-refractivity contribution in [1.82, 2.24) is 15.0 Å². The van der Waals surface area contributed by atoms with Crippen LogP contribution in [0.1, 0.15) is 29.5 Å². The number of aliphatic hydroxyl groups is 1. The van der Waals surface area contributed by atoms with Gasteiger partial charge in [-0.05, 0) is 53.8 Å². The quantitative estimate of drug-likeness (QED) is 0.301. The second-order valence-corrected chi connectivity index (χ2v) is 9.42. The molecule has 3 aromatic carbocycles. The standard InChI is InChI=1S/C30H32N4O4/c1-36-26-12-8-23(9-13-26)30(22-6-4-3-5-7-22,24-10-14-27(37-2)15-11-24)38-18-21-16-25(17-28(21)35)34-29-32-19-31-20-33-29/h3-15,19-21,25,28,35H,16-18H2,1-2H3,(H,31,32,33,34)/t21-,25-,28+/m1/s1. The van der Waals surface area contributed by atoms with E-state index in [1.807, 2.05) is 66.7 Å². The maximum absolute atomic E-state index is 11.0. The van der Waals surface area contributed by atoms with Crippen LogP contribution in [0.15, 0.2) is 91.5 Å². The second-order valence-electron chi connectivity index (χ2n) is 9.42. The molecule has 1 aromatic heterocycles. The molecule has 2 N–H and O–H groups in total. The van der Waals surface area contributed by atoms with Crippen LogP contribution in [-0.4, -0.2) is 53.0 Å². The summed E-state index contributed by atoms with van der Waals surface area (Å²) in [5.41, 5.74) is 1.99. The first-order valence-electron chi connectivity index (χ1n) is 12.7. The smallest absolute Gasteiger partial charge is 0.225 e. The predicted octanol–water partition coefficient (Wildman–Crippen LogP) is 4.45. The van der Waals surface area contributed by atoms with Crippen LogP contribution in [-0.2, 0) is 10.3 Å². The summed E-state index contributed by atoms with van der Waals surface area (Å²) in [4.78, 5) is 12.2. The monoisotopic (exact) mass is 512 g/mol. The average molecular weight is 513 g/mol. The van der Waals surface area contributed by atoms with Gasteiger partial charge in [-0.15, -0.1) is 0 Å². The largest absolute Gasteiger partial charge is 0.497 e. The van der Waals surface area contributed by atoms with Crippen molar-refractivity contribution in [3.05, 3.63) is 108 Å². The maximum Gasteiger partial charge on any atom is 0.225 e. The van der Waals surface area contributed by atoms with Crippen LogP contribution >= 0.6 is 0 Å². The van der Waals surface area contributed by atoms with Crippen LogP contribution in [0, 0.1) is 5.92 Å². The summed E-state index contributed by atoms with van der Waals surface area (Å²) in [6, 6.07) is 26.1. The number of aromatic nitrogens is 3. The van der Waals surface area contributed by atoms with E-state index in [9.17, 15) is 5.11 Å². The molecule has 8 nitrogen and oxygen atoms in total. The number of rotatable bonds is 10. The van der Waals surface area contributed by atoms with Crippen LogP contribution in [0.5, 0.6) is 11.5 Å². The number of hydrogen-bond acceptors (Lipinski definition) is 8. The summed E-state index contributed by atoms with van der Waals surface area (Å²) < 4.78 is 17.8. The summed E-state index contributed by atoms with van der Waals surface area (Å²) in [6.07, 6.45) is 3.71. The zero-order chi connectivity index (χ0) is 26.4. The number of aliphatic hydroxyl groups excluding tert-OH is 1. The van der Waals surface area contributed by atoms with Crippen molar-refractivity contribution in [2.24, 2.45) is 5.92 Å². The fourth-order valence-corrected chi connectivity index (χ4v) is 5.20. The van der Waals surface area contributed by atoms with Crippen molar-refractivity contribution in [1.29, 1.82) is 0 Å². The Bertz CT molecular complexity index is 1240. The van der Waals surface area contributed by atoms with Crippen LogP contribution in [0.4, 0.5) is 5.95 Å². The van der Waals surface area contributed by atoms with Gasteiger partial charge in [-0.1, -0.05) is 54.6 Å². The van der Waals surface area contributed by atoms with E-state index in [2.05, 4.69) is 32.4 Å². The first-order chi connectivity index (χ1) is 18.6. The Morgan fingerprint density at radius 2 is 1.34 bits per heavy atom. The Kier molecular flexibility index (Phi) is 7.81. The SMILES string of the molecule is COc1ccc(C(OC[C@H]2C[C@@H](Nc3ncncn3)C[C@@H]2O)(c2ccccc2)c2ccc(OC)cc2)cc1. The second kappa shape index (κ2) is 11.6. The van der Waals surface area contributed by atoms with Gasteiger partial charge in [-0.25, -0.2) is 15.0 Å². The molecule has 4 aromatic rings. The highest BCUT2D eigenvalue weighted by molar-refractivity contribution is 5.49. The van der Waals surface area contributed by atoms with Gasteiger partial charge in [0.15, 0.2) is 0 Å². The van der Waals surface area contributed by atoms with Gasteiger partial charge in [0.1, 0.15) is 29.8 Å². The highest BCUT2D eigenvalue weighted by Gasteiger charge is 2.41. The Balaban J connectivity index is 1.49. The van der Waals surface area contributed by atoms with Crippen molar-refractivity contribution >= 4 is 5.95 Å². The van der Waals surface area contributed by atoms with Crippen molar-refractivity contribution in [3.63, 3.8) is 0 Å². The van der Waals surface area contributed by atoms with Crippen LogP contribution in [0.2, 0.25) is 0 Å². The summed E-state index contributed by atoms with van der Waals surface area (Å²) >= 11 is 0. The Morgan fingerprint density at radius 1 is 0.789 bits per heavy atom. The molecule has 0 radical (unpaired) electrons. The molecule has 0 spiro atoms. The van der Waals surface area contributed by atoms with E-state index in [-0.39, 0.29) is 12.0 Å². The normalized spacial score (nSPS) is 19.2. The molecule has 196 valence electrons. The van der Waals surface area contributed by atoms with Crippen molar-refractivity contribution in [2.45, 2.75) is 30.6 Å². The molecule has 1 aliphatic rings. The highest BCUT2D eigenvalue weighted by atomic mass is 16.5. The lowest BCUT2D eigenvalue weighted by Gasteiger charge is -2.37. The van der Waals surface area contributed by atoms with E-state index in [1.54, 1.807) is 14.2 Å². The first-order valence-corrected chi connectivity index (χ1v) is 12.7. The van der Waals surface area contributed by atoms with Crippen LogP contribution in [0.3, 0.4) is 0 Å². The first kappa shape index (κ1) is 25.6. The molecule has 0 saturated heterocycles. The zero-order valence-corrected chi connectivity index (χ0v) is 21.5. The van der Waals surface area contributed by atoms with Gasteiger partial charge in [0.2, 0.25) is 5.95 Å². The molecule has 3 atom stereocenters. The van der Waals surface area contributed by atoms with Gasteiger partial charge in [0, 0.05) is 12.0 Å². The maximum atomic E-state index is 11.0. The molecular formula is C30H32N4O4. The number of anilines is 1. The van der Waals surface area contributed by atoms with Gasteiger partial charge in [-0.3, -0.25) is 0 Å². The van der Waals surface area contributed by atoms with Crippen molar-refractivity contribution < 1.29 is 19.3 Å². The lowest BCUT2D eigenvalue weighted by Crippen LogP contribution is -2.35. The minimum absolute atomic E-state index is 0.0362. The third-order valence-corrected chi connectivity index (χ3v) is 7.17. The molecule has 38 heavy (non-hydrogen) atoms. The number of methoxy groups -OCH3 is 2. The van der Waals surface area contributed by atoms with Crippen LogP contribution in [0.25, 0.3) is 0 Å². The van der Waals surface area contributed by atoms with E-state index in [1.165, 1.54) is 12.7 Å². The topological polar surface area (TPSA) is 98.6 Å². The zero-order valence-electron chi connectivity index (χ0n) is 21.5. The fraction of sp³-hybridized carbons (Fsp3) is 0.300. The number of nitrogens with zero attached hydrogens (tertiary/aromatic N) is 3. The molecule has 0 bridgehead atoms. The van der Waals surface area contributed by atoms with Crippen LogP contribution < -0.4 is 14.8 Å². The van der Waals surface area contributed by atoms with E-state index in [0.717, 1.165) is 34.6 Å². The molecule has 8 heteroatoms. The van der Waals surface area contributed by atoms with Gasteiger partial charge >= 0.3 is 0 Å². The number of benzene rings is 3. The van der Waals surface area contributed by atoms with E-state index >= 15 is 0 Å². The van der Waals surface area contributed by atoms with Gasteiger partial charge in [0.25, 0.3) is 0 Å². The third-order valence-electron chi connectivity index (χ3n) is 7.17. The summed E-state index contributed by atoms with van der Waals surface area (Å²) in [5, 5.41) is 14.3. The summed E-state index contributed by atoms with van der Waals surface area (Å²) in [6.45, 7) is 0.351. The van der Waals surface area contributed by atoms with Crippen molar-refractivity contribution in [2.75, 3.05) is 26.1 Å². The van der Waals surface area contributed by atoms with Gasteiger partial charge in [0.05, 0.1) is 26.9 Å². The Labute approximate surface area is 222 Å². The fourth-order valence-electron chi connectivity index (χ4n) is 5.20. The Morgan fingerprint density at radius 3 is 1.89 bits per heavy atom. The Hall–Kier alpha value is -4.01. The number of nitrogens with one attached hydrogen (secondary N) is 1. The predicted molar refractivity (Wildman–Crippen MR) is 144 cm³/mol. The lowest BCUT2D eigenvalue weighted by molar-refractivity contribution is -0.0295. The molecule has 1 aliphatic carbocycles. The van der Waals surface area contributed by atoms with E-state index < -0.39 is 11.7 Å². The number of ether oxygens (including phenoxy) is 3. The average Bonchev–Trinajstić information content (AvgIpc) is 3.33. The minimum Gasteiger partial charge on any atom is -0.497 e. The molecule has 1 fully saturated rings. The summed E-state index contributed by atoms with van der Waals surface area (Å²) in [7, 11) is 3.31.